The largest absolute Gasteiger partial charge is 0.497 e. The van der Waals surface area contributed by atoms with Gasteiger partial charge in [0, 0.05) is 57.7 Å². The number of carboxylic acid groups (broad SMARTS) is 1. The molecule has 0 saturated carbocycles. The van der Waals surface area contributed by atoms with E-state index in [1.807, 2.05) is 0 Å². The van der Waals surface area contributed by atoms with Crippen molar-refractivity contribution in [3.63, 3.8) is 0 Å². The van der Waals surface area contributed by atoms with E-state index >= 15 is 0 Å². The van der Waals surface area contributed by atoms with E-state index in [4.69, 9.17) is 9.47 Å². The normalized spacial score (nSPS) is 13.8. The third-order valence-corrected chi connectivity index (χ3v) is 5.79. The van der Waals surface area contributed by atoms with Gasteiger partial charge in [0.2, 0.25) is 5.91 Å². The third kappa shape index (κ3) is 7.43. The van der Waals surface area contributed by atoms with E-state index in [9.17, 15) is 19.5 Å². The summed E-state index contributed by atoms with van der Waals surface area (Å²) >= 11 is 0. The zero-order valence-electron chi connectivity index (χ0n) is 20.1. The fourth-order valence-corrected chi connectivity index (χ4v) is 3.82. The maximum atomic E-state index is 12.6. The van der Waals surface area contributed by atoms with Gasteiger partial charge in [0.05, 0.1) is 24.9 Å². The van der Waals surface area contributed by atoms with Gasteiger partial charge < -0.3 is 30.1 Å². The Balaban J connectivity index is 1.58. The smallest absolute Gasteiger partial charge is 0.337 e. The molecule has 1 aliphatic heterocycles. The minimum Gasteiger partial charge on any atom is -0.497 e. The number of rotatable bonds is 11. The van der Waals surface area contributed by atoms with E-state index in [2.05, 4.69) is 20.4 Å². The first kappa shape index (κ1) is 26.0. The quantitative estimate of drug-likeness (QED) is 0.414. The molecular weight excluding hydrogens is 452 g/mol. The van der Waals surface area contributed by atoms with Crippen LogP contribution in [0.4, 0.5) is 11.4 Å². The van der Waals surface area contributed by atoms with Crippen LogP contribution >= 0.6 is 0 Å². The minimum absolute atomic E-state index is 0.0142. The van der Waals surface area contributed by atoms with Crippen molar-refractivity contribution in [1.82, 2.24) is 10.2 Å². The molecule has 1 saturated heterocycles. The molecule has 1 fully saturated rings. The highest BCUT2D eigenvalue weighted by Gasteiger charge is 2.21. The van der Waals surface area contributed by atoms with Crippen molar-refractivity contribution in [2.45, 2.75) is 6.42 Å². The van der Waals surface area contributed by atoms with Crippen LogP contribution in [-0.2, 0) is 9.53 Å². The monoisotopic (exact) mass is 484 g/mol. The number of piperazine rings is 1. The van der Waals surface area contributed by atoms with Crippen LogP contribution in [0.3, 0.4) is 0 Å². The molecular formula is C25H32N4O6. The summed E-state index contributed by atoms with van der Waals surface area (Å²) in [5.74, 6) is -0.919. The molecule has 35 heavy (non-hydrogen) atoms. The van der Waals surface area contributed by atoms with E-state index in [0.717, 1.165) is 12.1 Å². The number of ether oxygens (including phenoxy) is 2. The van der Waals surface area contributed by atoms with Gasteiger partial charge in [-0.1, -0.05) is 0 Å². The zero-order chi connectivity index (χ0) is 25.2. The number of amides is 2. The second-order valence-electron chi connectivity index (χ2n) is 8.18. The van der Waals surface area contributed by atoms with Crippen molar-refractivity contribution in [1.29, 1.82) is 0 Å². The van der Waals surface area contributed by atoms with Crippen LogP contribution < -0.4 is 20.3 Å². The molecule has 2 amide bonds. The predicted octanol–water partition coefficient (Wildman–Crippen LogP) is 1.92. The lowest BCUT2D eigenvalue weighted by Crippen LogP contribution is -2.49. The number of benzene rings is 2. The van der Waals surface area contributed by atoms with E-state index in [-0.39, 0.29) is 17.2 Å². The molecule has 3 N–H and O–H groups in total. The highest BCUT2D eigenvalue weighted by molar-refractivity contribution is 6.08. The molecule has 0 unspecified atom stereocenters. The van der Waals surface area contributed by atoms with Crippen LogP contribution in [0.25, 0.3) is 0 Å². The Morgan fingerprint density at radius 3 is 2.34 bits per heavy atom. The maximum Gasteiger partial charge on any atom is 0.337 e. The fourth-order valence-electron chi connectivity index (χ4n) is 3.82. The zero-order valence-corrected chi connectivity index (χ0v) is 20.1. The number of anilines is 2. The van der Waals surface area contributed by atoms with Crippen LogP contribution in [0.5, 0.6) is 5.75 Å². The second kappa shape index (κ2) is 12.7. The van der Waals surface area contributed by atoms with Gasteiger partial charge in [-0.15, -0.1) is 0 Å². The molecule has 0 aliphatic carbocycles. The molecule has 0 atom stereocenters. The van der Waals surface area contributed by atoms with Crippen molar-refractivity contribution in [3.05, 3.63) is 53.6 Å². The Labute approximate surface area is 204 Å². The summed E-state index contributed by atoms with van der Waals surface area (Å²) in [6.07, 6.45) is 0.776. The van der Waals surface area contributed by atoms with Crippen LogP contribution in [0.1, 0.15) is 27.1 Å². The van der Waals surface area contributed by atoms with Crippen LogP contribution in [-0.4, -0.2) is 87.9 Å². The Kier molecular flexibility index (Phi) is 9.45. The number of nitrogens with one attached hydrogen (secondary N) is 2. The highest BCUT2D eigenvalue weighted by Crippen LogP contribution is 2.25. The standard InChI is InChI=1S/C25H32N4O6/c1-34-15-3-10-26-23(30)17-28-11-13-29(14-12-28)19-6-9-22(21(16-19)25(32)33)27-24(31)18-4-7-20(35-2)8-5-18/h4-9,16H,3,10-15,17H2,1-2H3,(H,26,30)(H,27,31)(H,32,33). The first-order valence-corrected chi connectivity index (χ1v) is 11.5. The Morgan fingerprint density at radius 2 is 1.71 bits per heavy atom. The Bertz CT molecular complexity index is 1020. The van der Waals surface area contributed by atoms with Crippen LogP contribution in [0.2, 0.25) is 0 Å². The topological polar surface area (TPSA) is 120 Å². The van der Waals surface area contributed by atoms with Gasteiger partial charge in [0.25, 0.3) is 5.91 Å². The summed E-state index contributed by atoms with van der Waals surface area (Å²) in [6, 6.07) is 11.5. The van der Waals surface area contributed by atoms with Gasteiger partial charge in [0.15, 0.2) is 0 Å². The number of carbonyl (C=O) groups is 3. The summed E-state index contributed by atoms with van der Waals surface area (Å²) in [7, 11) is 3.17. The number of carbonyl (C=O) groups excluding carboxylic acids is 2. The number of hydrogen-bond donors (Lipinski definition) is 3. The molecule has 0 bridgehead atoms. The number of carboxylic acids is 1. The molecule has 1 aliphatic rings. The van der Waals surface area contributed by atoms with E-state index in [1.165, 1.54) is 7.11 Å². The summed E-state index contributed by atoms with van der Waals surface area (Å²) in [5, 5.41) is 15.3. The van der Waals surface area contributed by atoms with Gasteiger partial charge in [0.1, 0.15) is 5.75 Å². The van der Waals surface area contributed by atoms with E-state index < -0.39 is 11.9 Å². The molecule has 10 nitrogen and oxygen atoms in total. The molecule has 0 spiro atoms. The van der Waals surface area contributed by atoms with Gasteiger partial charge in [-0.2, -0.15) is 0 Å². The summed E-state index contributed by atoms with van der Waals surface area (Å²) < 4.78 is 10.1. The average Bonchev–Trinajstić information content (AvgIpc) is 2.87. The maximum absolute atomic E-state index is 12.6. The Morgan fingerprint density at radius 1 is 1.00 bits per heavy atom. The summed E-state index contributed by atoms with van der Waals surface area (Å²) in [6.45, 7) is 4.22. The van der Waals surface area contributed by atoms with Crippen molar-refractivity contribution < 1.29 is 29.0 Å². The number of nitrogens with zero attached hydrogens (tertiary/aromatic N) is 2. The van der Waals surface area contributed by atoms with Crippen LogP contribution in [0, 0.1) is 0 Å². The lowest BCUT2D eigenvalue weighted by molar-refractivity contribution is -0.122. The number of hydrogen-bond acceptors (Lipinski definition) is 7. The van der Waals surface area contributed by atoms with Crippen molar-refractivity contribution in [2.75, 3.05) is 70.3 Å². The third-order valence-electron chi connectivity index (χ3n) is 5.79. The van der Waals surface area contributed by atoms with E-state index in [0.29, 0.717) is 57.2 Å². The van der Waals surface area contributed by atoms with Gasteiger partial charge >= 0.3 is 5.97 Å². The molecule has 0 aromatic heterocycles. The first-order chi connectivity index (χ1) is 16.9. The molecule has 2 aromatic rings. The summed E-state index contributed by atoms with van der Waals surface area (Å²) in [4.78, 5) is 40.8. The lowest BCUT2D eigenvalue weighted by Gasteiger charge is -2.36. The van der Waals surface area contributed by atoms with Crippen molar-refractivity contribution >= 4 is 29.2 Å². The molecule has 10 heteroatoms. The molecule has 1 heterocycles. The molecule has 2 aromatic carbocycles. The number of aromatic carboxylic acids is 1. The second-order valence-corrected chi connectivity index (χ2v) is 8.18. The summed E-state index contributed by atoms with van der Waals surface area (Å²) in [5.41, 5.74) is 1.40. The van der Waals surface area contributed by atoms with Gasteiger partial charge in [-0.3, -0.25) is 14.5 Å². The SMILES string of the molecule is COCCCNC(=O)CN1CCN(c2ccc(NC(=O)c3ccc(OC)cc3)c(C(=O)O)c2)CC1. The average molecular weight is 485 g/mol. The number of methoxy groups -OCH3 is 2. The molecule has 188 valence electrons. The lowest BCUT2D eigenvalue weighted by atomic mass is 10.1. The first-order valence-electron chi connectivity index (χ1n) is 11.5. The van der Waals surface area contributed by atoms with Crippen LogP contribution in [0.15, 0.2) is 42.5 Å². The van der Waals surface area contributed by atoms with Crippen molar-refractivity contribution in [3.8, 4) is 5.75 Å². The highest BCUT2D eigenvalue weighted by atomic mass is 16.5. The minimum atomic E-state index is -1.12. The van der Waals surface area contributed by atoms with E-state index in [1.54, 1.807) is 49.6 Å². The fraction of sp³-hybridized carbons (Fsp3) is 0.400. The van der Waals surface area contributed by atoms with Crippen molar-refractivity contribution in [2.24, 2.45) is 0 Å². The predicted molar refractivity (Wildman–Crippen MR) is 133 cm³/mol. The van der Waals surface area contributed by atoms with Gasteiger partial charge in [-0.05, 0) is 48.9 Å². The molecule has 0 radical (unpaired) electrons. The van der Waals surface area contributed by atoms with Gasteiger partial charge in [-0.25, -0.2) is 4.79 Å². The Hall–Kier alpha value is -3.63. The molecule has 3 rings (SSSR count).